The van der Waals surface area contributed by atoms with Crippen molar-refractivity contribution in [1.29, 1.82) is 0 Å². The summed E-state index contributed by atoms with van der Waals surface area (Å²) < 4.78 is 35.2. The first-order valence-corrected chi connectivity index (χ1v) is 24.2. The van der Waals surface area contributed by atoms with E-state index in [1.165, 1.54) is 12.5 Å². The monoisotopic (exact) mass is 941 g/mol. The average Bonchev–Trinajstić information content (AvgIpc) is 3.25. The van der Waals surface area contributed by atoms with Gasteiger partial charge in [-0.1, -0.05) is 60.1 Å². The zero-order valence-electron chi connectivity index (χ0n) is 39.6. The molecule has 0 aromatic heterocycles. The van der Waals surface area contributed by atoms with Crippen LogP contribution in [0.2, 0.25) is 0 Å². The van der Waals surface area contributed by atoms with Gasteiger partial charge in [0.05, 0.1) is 24.2 Å². The number of fused-ring (bicyclic) bond motifs is 7. The van der Waals surface area contributed by atoms with Crippen molar-refractivity contribution in [2.24, 2.45) is 50.2 Å². The highest BCUT2D eigenvalue weighted by atomic mass is 16.7. The second-order valence-electron chi connectivity index (χ2n) is 23.5. The van der Waals surface area contributed by atoms with Gasteiger partial charge in [0.25, 0.3) is 0 Å². The van der Waals surface area contributed by atoms with Gasteiger partial charge in [-0.3, -0.25) is 4.79 Å². The second-order valence-corrected chi connectivity index (χ2v) is 23.5. The molecule has 66 heavy (non-hydrogen) atoms. The van der Waals surface area contributed by atoms with Gasteiger partial charge in [0.2, 0.25) is 6.29 Å². The van der Waals surface area contributed by atoms with Crippen molar-refractivity contribution in [2.45, 2.75) is 218 Å². The number of aliphatic hydroxyl groups is 9. The maximum absolute atomic E-state index is 14.7. The molecule has 5 aliphatic carbocycles. The Morgan fingerprint density at radius 1 is 0.682 bits per heavy atom. The molecule has 3 saturated heterocycles. The lowest BCUT2D eigenvalue weighted by atomic mass is 9.33. The van der Waals surface area contributed by atoms with Gasteiger partial charge < -0.3 is 79.5 Å². The van der Waals surface area contributed by atoms with Gasteiger partial charge in [0, 0.05) is 0 Å². The van der Waals surface area contributed by atoms with Gasteiger partial charge >= 0.3 is 11.9 Å². The van der Waals surface area contributed by atoms with Crippen LogP contribution in [0.5, 0.6) is 0 Å². The minimum atomic E-state index is -1.85. The number of aliphatic carboxylic acids is 1. The quantitative estimate of drug-likeness (QED) is 0.0931. The molecule has 23 atom stereocenters. The Balaban J connectivity index is 1.01. The maximum atomic E-state index is 14.7. The predicted molar refractivity (Wildman–Crippen MR) is 229 cm³/mol. The zero-order valence-corrected chi connectivity index (χ0v) is 39.6. The number of esters is 1. The number of carboxylic acid groups (broad SMARTS) is 1. The van der Waals surface area contributed by atoms with Gasteiger partial charge in [-0.15, -0.1) is 0 Å². The summed E-state index contributed by atoms with van der Waals surface area (Å²) in [5, 5.41) is 105. The molecule has 0 aromatic carbocycles. The molecule has 4 saturated carbocycles. The third kappa shape index (κ3) is 7.74. The van der Waals surface area contributed by atoms with E-state index in [4.69, 9.17) is 28.4 Å². The van der Waals surface area contributed by atoms with Crippen molar-refractivity contribution < 1.29 is 89.1 Å². The minimum absolute atomic E-state index is 0.0659. The molecule has 8 aliphatic rings. The molecule has 3 aliphatic heterocycles. The average molecular weight is 941 g/mol. The van der Waals surface area contributed by atoms with Crippen LogP contribution in [0.1, 0.15) is 120 Å². The van der Waals surface area contributed by atoms with E-state index in [1.54, 1.807) is 0 Å². The normalized spacial score (nSPS) is 53.2. The number of carbonyl (C=O) groups is 2. The fourth-order valence-corrected chi connectivity index (χ4v) is 15.0. The number of allylic oxidation sites excluding steroid dienone is 2. The van der Waals surface area contributed by atoms with Gasteiger partial charge in [-0.05, 0) is 116 Å². The Hall–Kier alpha value is -1.88. The van der Waals surface area contributed by atoms with Crippen molar-refractivity contribution in [3.8, 4) is 0 Å². The molecule has 0 radical (unpaired) electrons. The van der Waals surface area contributed by atoms with Crippen LogP contribution in [-0.2, 0) is 38.0 Å². The summed E-state index contributed by atoms with van der Waals surface area (Å²) in [6, 6.07) is 0. The summed E-state index contributed by atoms with van der Waals surface area (Å²) in [6.45, 7) is 16.7. The van der Waals surface area contributed by atoms with Gasteiger partial charge in [-0.25, -0.2) is 4.79 Å². The van der Waals surface area contributed by atoms with Gasteiger partial charge in [-0.2, -0.15) is 0 Å². The lowest BCUT2D eigenvalue weighted by molar-refractivity contribution is -0.361. The van der Waals surface area contributed by atoms with Crippen molar-refractivity contribution in [3.63, 3.8) is 0 Å². The third-order valence-electron chi connectivity index (χ3n) is 19.2. The summed E-state index contributed by atoms with van der Waals surface area (Å²) in [7, 11) is 0. The smallest absolute Gasteiger partial charge is 0.335 e. The molecule has 18 heteroatoms. The number of hydrogen-bond acceptors (Lipinski definition) is 17. The molecule has 8 rings (SSSR count). The van der Waals surface area contributed by atoms with E-state index < -0.39 is 128 Å². The standard InChI is InChI=1S/C48H76O18/c1-21-28(50)30(52)33(55)39(61-21)64-36-32(54)35(57)41(65-37(36)38(58)59)63-27-12-13-45(6)25(44(27,4)5)11-14-47(8)26(45)10-9-22-23-19-43(2,3)15-17-48(23,18-16-46(22,47)7)42(60)66-40-34(56)31(53)29(51)24(20-49)62-40/h9,21,23-37,39-41,49-57H,10-20H2,1-8H3,(H,58,59)/t21-,23+,24+,25-,26+,27+,28+,29-,30+,31-,32-,33-,34+,35-,36+,37+,39-,40-,41-,45+,46-,47-,48-/m0/s1. The molecule has 0 spiro atoms. The Labute approximate surface area is 386 Å². The van der Waals surface area contributed by atoms with E-state index in [0.29, 0.717) is 19.3 Å². The van der Waals surface area contributed by atoms with Gasteiger partial charge in [0.1, 0.15) is 61.0 Å². The Morgan fingerprint density at radius 3 is 1.97 bits per heavy atom. The van der Waals surface area contributed by atoms with Crippen LogP contribution in [0.15, 0.2) is 11.6 Å². The molecule has 0 unspecified atom stereocenters. The Kier molecular flexibility index (Phi) is 13.4. The van der Waals surface area contributed by atoms with Crippen LogP contribution in [0.4, 0.5) is 0 Å². The molecule has 0 aromatic rings. The lowest BCUT2D eigenvalue weighted by Gasteiger charge is -2.71. The van der Waals surface area contributed by atoms with Crippen LogP contribution >= 0.6 is 0 Å². The lowest BCUT2D eigenvalue weighted by Crippen LogP contribution is -2.67. The first-order valence-electron chi connectivity index (χ1n) is 24.2. The van der Waals surface area contributed by atoms with Crippen molar-refractivity contribution in [1.82, 2.24) is 0 Å². The van der Waals surface area contributed by atoms with Crippen LogP contribution < -0.4 is 0 Å². The van der Waals surface area contributed by atoms with Crippen LogP contribution in [0, 0.1) is 50.2 Å². The van der Waals surface area contributed by atoms with Crippen molar-refractivity contribution in [3.05, 3.63) is 11.6 Å². The van der Waals surface area contributed by atoms with E-state index in [1.807, 2.05) is 0 Å². The second kappa shape index (κ2) is 17.5. The summed E-state index contributed by atoms with van der Waals surface area (Å²) in [4.78, 5) is 27.2. The zero-order chi connectivity index (χ0) is 48.4. The number of hydrogen-bond donors (Lipinski definition) is 10. The number of ether oxygens (including phenoxy) is 6. The summed E-state index contributed by atoms with van der Waals surface area (Å²) in [6.07, 6.45) is -14.8. The fraction of sp³-hybridized carbons (Fsp3) is 0.917. The first-order chi connectivity index (χ1) is 30.7. The number of rotatable bonds is 8. The minimum Gasteiger partial charge on any atom is -0.479 e. The third-order valence-corrected chi connectivity index (χ3v) is 19.2. The number of carboxylic acids is 1. The molecule has 0 amide bonds. The Morgan fingerprint density at radius 2 is 1.30 bits per heavy atom. The van der Waals surface area contributed by atoms with E-state index in [0.717, 1.165) is 44.9 Å². The van der Waals surface area contributed by atoms with E-state index in [-0.39, 0.29) is 39.4 Å². The molecule has 3 heterocycles. The largest absolute Gasteiger partial charge is 0.479 e. The van der Waals surface area contributed by atoms with Crippen LogP contribution in [0.25, 0.3) is 0 Å². The highest BCUT2D eigenvalue weighted by Gasteiger charge is 2.70. The molecular weight excluding hydrogens is 865 g/mol. The first kappa shape index (κ1) is 50.5. The molecule has 10 N–H and O–H groups in total. The van der Waals surface area contributed by atoms with E-state index >= 15 is 0 Å². The summed E-state index contributed by atoms with van der Waals surface area (Å²) in [5.41, 5.74) is -0.814. The van der Waals surface area contributed by atoms with Crippen LogP contribution in [-0.4, -0.2) is 168 Å². The summed E-state index contributed by atoms with van der Waals surface area (Å²) in [5.74, 6) is -1.78. The Bertz CT molecular complexity index is 1860. The molecule has 0 bridgehead atoms. The molecular formula is C48H76O18. The van der Waals surface area contributed by atoms with E-state index in [9.17, 15) is 60.7 Å². The molecule has 7 fully saturated rings. The predicted octanol–water partition coefficient (Wildman–Crippen LogP) is 1.26. The number of aliphatic hydroxyl groups excluding tert-OH is 9. The van der Waals surface area contributed by atoms with E-state index in [2.05, 4.69) is 54.5 Å². The maximum Gasteiger partial charge on any atom is 0.335 e. The number of carbonyl (C=O) groups excluding carboxylic acids is 1. The van der Waals surface area contributed by atoms with Crippen LogP contribution in [0.3, 0.4) is 0 Å². The summed E-state index contributed by atoms with van der Waals surface area (Å²) >= 11 is 0. The van der Waals surface area contributed by atoms with Crippen molar-refractivity contribution in [2.75, 3.05) is 6.61 Å². The van der Waals surface area contributed by atoms with Crippen molar-refractivity contribution >= 4 is 11.9 Å². The molecule has 376 valence electrons. The SMILES string of the molecule is C[C@@H]1O[C@@H](O[C@@H]2[C@@H](O)[C@H](O)[C@@H](O[C@@H]3CC[C@@]4(C)[C@H]5CC=C6[C@H]7CC(C)(C)CC[C@]7(C(=O)O[C@@H]7O[C@H](CO)[C@H](O)[C@H](O)[C@H]7O)CC[C@]6(C)[C@@]5(C)CC[C@H]4C3(C)C)O[C@H]2C(=O)O)[C@@H](O)[C@H](O)[C@@H]1O. The highest BCUT2D eigenvalue weighted by Crippen LogP contribution is 2.76. The van der Waals surface area contributed by atoms with Gasteiger partial charge in [0.15, 0.2) is 18.7 Å². The highest BCUT2D eigenvalue weighted by molar-refractivity contribution is 5.79. The molecule has 18 nitrogen and oxygen atoms in total. The topological polar surface area (TPSA) is 292 Å². The fourth-order valence-electron chi connectivity index (χ4n) is 15.0.